The molecule has 0 aliphatic heterocycles. The number of thiazole rings is 1. The van der Waals surface area contributed by atoms with Crippen LogP contribution in [0.4, 0.5) is 5.69 Å². The normalized spacial score (nSPS) is 11.8. The van der Waals surface area contributed by atoms with E-state index < -0.39 is 0 Å². The Hall–Kier alpha value is -3.70. The molecule has 3 aromatic carbocycles. The summed E-state index contributed by atoms with van der Waals surface area (Å²) in [6, 6.07) is 24.4. The number of rotatable bonds is 4. The Morgan fingerprint density at radius 2 is 1.72 bits per heavy atom. The number of aromatic nitrogens is 1. The molecule has 0 amide bonds. The van der Waals surface area contributed by atoms with Gasteiger partial charge in [0.2, 0.25) is 5.55 Å². The van der Waals surface area contributed by atoms with Crippen molar-refractivity contribution in [2.45, 2.75) is 13.8 Å². The topological polar surface area (TPSA) is 47.6 Å². The fourth-order valence-electron chi connectivity index (χ4n) is 3.59. The summed E-state index contributed by atoms with van der Waals surface area (Å²) in [5.74, 6) is 0.675. The molecule has 2 aromatic heterocycles. The number of ether oxygens (including phenoxy) is 1. The monoisotopic (exact) mass is 438 g/mol. The lowest BCUT2D eigenvalue weighted by atomic mass is 10.1. The van der Waals surface area contributed by atoms with E-state index in [1.165, 1.54) is 5.56 Å². The van der Waals surface area contributed by atoms with Gasteiger partial charge in [-0.3, -0.25) is 0 Å². The number of aryl methyl sites for hydroxylation is 2. The predicted molar refractivity (Wildman–Crippen MR) is 130 cm³/mol. The van der Waals surface area contributed by atoms with E-state index in [2.05, 4.69) is 55.6 Å². The van der Waals surface area contributed by atoms with Gasteiger partial charge in [0, 0.05) is 16.3 Å². The van der Waals surface area contributed by atoms with Crippen molar-refractivity contribution >= 4 is 28.0 Å². The van der Waals surface area contributed by atoms with Gasteiger partial charge in [-0.25, -0.2) is 9.98 Å². The molecule has 2 heterocycles. The van der Waals surface area contributed by atoms with Gasteiger partial charge in [0.05, 0.1) is 24.1 Å². The van der Waals surface area contributed by atoms with Gasteiger partial charge in [-0.2, -0.15) is 0 Å². The molecule has 5 rings (SSSR count). The molecule has 32 heavy (non-hydrogen) atoms. The Morgan fingerprint density at radius 3 is 2.50 bits per heavy atom. The largest absolute Gasteiger partial charge is 0.493 e. The summed E-state index contributed by atoms with van der Waals surface area (Å²) in [7, 11) is 1.64. The van der Waals surface area contributed by atoms with Crippen LogP contribution in [0.15, 0.2) is 87.6 Å². The molecular weight excluding hydrogens is 416 g/mol. The molecule has 0 aliphatic carbocycles. The Morgan fingerprint density at radius 1 is 0.906 bits per heavy atom. The van der Waals surface area contributed by atoms with Crippen LogP contribution in [0.1, 0.15) is 11.1 Å². The van der Waals surface area contributed by atoms with Crippen LogP contribution in [-0.2, 0) is 0 Å². The quantitative estimate of drug-likeness (QED) is 0.301. The Kier molecular flexibility index (Phi) is 5.33. The van der Waals surface area contributed by atoms with Gasteiger partial charge >= 0.3 is 0 Å². The third-order valence-electron chi connectivity index (χ3n) is 5.27. The van der Waals surface area contributed by atoms with E-state index in [0.29, 0.717) is 16.9 Å². The Labute approximate surface area is 190 Å². The van der Waals surface area contributed by atoms with Gasteiger partial charge in [0.15, 0.2) is 11.3 Å². The number of hydrogen-bond acceptors (Lipinski definition) is 5. The average molecular weight is 439 g/mol. The lowest BCUT2D eigenvalue weighted by Gasteiger charge is -2.07. The predicted octanol–water partition coefficient (Wildman–Crippen LogP) is 7.08. The SMILES string of the molecule is COc1cccc2cc(-c3nc(-c4ccc(C)cc4)cs3)c(=Nc3cccc(C)c3)oc12. The second kappa shape index (κ2) is 8.44. The van der Waals surface area contributed by atoms with E-state index in [4.69, 9.17) is 19.1 Å². The molecule has 0 spiro atoms. The first-order chi connectivity index (χ1) is 15.6. The molecule has 0 saturated carbocycles. The van der Waals surface area contributed by atoms with Gasteiger partial charge in [-0.1, -0.05) is 54.1 Å². The van der Waals surface area contributed by atoms with Gasteiger partial charge in [-0.05, 0) is 43.7 Å². The third kappa shape index (κ3) is 3.95. The summed E-state index contributed by atoms with van der Waals surface area (Å²) in [5, 5.41) is 3.88. The molecule has 0 bridgehead atoms. The highest BCUT2D eigenvalue weighted by Crippen LogP contribution is 2.31. The number of hydrogen-bond donors (Lipinski definition) is 0. The molecule has 0 fully saturated rings. The summed E-state index contributed by atoms with van der Waals surface area (Å²) < 4.78 is 11.8. The molecule has 0 N–H and O–H groups in total. The summed E-state index contributed by atoms with van der Waals surface area (Å²) in [6.07, 6.45) is 0. The standard InChI is InChI=1S/C27H22N2O2S/c1-17-10-12-19(13-11-17)23-16-32-27(29-23)22-15-20-7-5-9-24(30-3)25(20)31-26(22)28-21-8-4-6-18(2)14-21/h4-16H,1-3H3. The number of methoxy groups -OCH3 is 1. The fourth-order valence-corrected chi connectivity index (χ4v) is 4.43. The molecule has 5 aromatic rings. The molecule has 0 atom stereocenters. The van der Waals surface area contributed by atoms with E-state index >= 15 is 0 Å². The van der Waals surface area contributed by atoms with E-state index in [1.807, 2.05) is 36.4 Å². The van der Waals surface area contributed by atoms with Crippen LogP contribution in [-0.4, -0.2) is 12.1 Å². The molecule has 5 heteroatoms. The van der Waals surface area contributed by atoms with Crippen LogP contribution < -0.4 is 10.3 Å². The summed E-state index contributed by atoms with van der Waals surface area (Å²) in [5.41, 5.74) is 7.27. The minimum absolute atomic E-state index is 0.511. The summed E-state index contributed by atoms with van der Waals surface area (Å²) >= 11 is 1.59. The molecule has 4 nitrogen and oxygen atoms in total. The van der Waals surface area contributed by atoms with Crippen LogP contribution in [0.2, 0.25) is 0 Å². The number of para-hydroxylation sites is 1. The van der Waals surface area contributed by atoms with Crippen molar-refractivity contribution < 1.29 is 9.15 Å². The molecule has 158 valence electrons. The minimum Gasteiger partial charge on any atom is -0.493 e. The zero-order chi connectivity index (χ0) is 22.1. The zero-order valence-corrected chi connectivity index (χ0v) is 18.9. The highest BCUT2D eigenvalue weighted by molar-refractivity contribution is 7.13. The van der Waals surface area contributed by atoms with Crippen LogP contribution in [0.3, 0.4) is 0 Å². The molecule has 0 radical (unpaired) electrons. The van der Waals surface area contributed by atoms with Crippen LogP contribution in [0.25, 0.3) is 32.8 Å². The van der Waals surface area contributed by atoms with Crippen molar-refractivity contribution in [2.75, 3.05) is 7.11 Å². The second-order valence-corrected chi connectivity index (χ2v) is 8.56. The average Bonchev–Trinajstić information content (AvgIpc) is 3.29. The molecule has 0 saturated heterocycles. The Bertz CT molecular complexity index is 1480. The van der Waals surface area contributed by atoms with E-state index in [9.17, 15) is 0 Å². The first-order valence-electron chi connectivity index (χ1n) is 10.4. The summed E-state index contributed by atoms with van der Waals surface area (Å²) in [6.45, 7) is 4.13. The van der Waals surface area contributed by atoms with Gasteiger partial charge in [-0.15, -0.1) is 11.3 Å². The summed E-state index contributed by atoms with van der Waals surface area (Å²) in [4.78, 5) is 9.76. The maximum absolute atomic E-state index is 6.32. The maximum atomic E-state index is 6.32. The van der Waals surface area contributed by atoms with Crippen molar-refractivity contribution in [3.63, 3.8) is 0 Å². The van der Waals surface area contributed by atoms with Gasteiger partial charge in [0.25, 0.3) is 0 Å². The van der Waals surface area contributed by atoms with E-state index in [0.717, 1.165) is 38.5 Å². The van der Waals surface area contributed by atoms with Gasteiger partial charge < -0.3 is 9.15 Å². The second-order valence-electron chi connectivity index (χ2n) is 7.70. The van der Waals surface area contributed by atoms with Crippen molar-refractivity contribution in [1.82, 2.24) is 4.98 Å². The van der Waals surface area contributed by atoms with Gasteiger partial charge in [0.1, 0.15) is 5.01 Å². The van der Waals surface area contributed by atoms with E-state index in [-0.39, 0.29) is 0 Å². The number of benzene rings is 3. The van der Waals surface area contributed by atoms with Crippen molar-refractivity contribution in [1.29, 1.82) is 0 Å². The lowest BCUT2D eigenvalue weighted by Crippen LogP contribution is -2.06. The number of fused-ring (bicyclic) bond motifs is 1. The molecular formula is C27H22N2O2S. The lowest BCUT2D eigenvalue weighted by molar-refractivity contribution is 0.406. The highest BCUT2D eigenvalue weighted by Gasteiger charge is 2.14. The Balaban J connectivity index is 1.72. The van der Waals surface area contributed by atoms with Crippen LogP contribution >= 0.6 is 11.3 Å². The zero-order valence-electron chi connectivity index (χ0n) is 18.1. The van der Waals surface area contributed by atoms with Crippen molar-refractivity contribution in [2.24, 2.45) is 4.99 Å². The highest BCUT2D eigenvalue weighted by atomic mass is 32.1. The number of nitrogens with zero attached hydrogens (tertiary/aromatic N) is 2. The fraction of sp³-hybridized carbons (Fsp3) is 0.111. The van der Waals surface area contributed by atoms with Crippen molar-refractivity contribution in [3.8, 4) is 27.6 Å². The first kappa shape index (κ1) is 20.2. The third-order valence-corrected chi connectivity index (χ3v) is 6.15. The van der Waals surface area contributed by atoms with Crippen LogP contribution in [0.5, 0.6) is 5.75 Å². The van der Waals surface area contributed by atoms with E-state index in [1.54, 1.807) is 18.4 Å². The molecule has 0 aliphatic rings. The first-order valence-corrected chi connectivity index (χ1v) is 11.2. The van der Waals surface area contributed by atoms with Crippen molar-refractivity contribution in [3.05, 3.63) is 94.9 Å². The maximum Gasteiger partial charge on any atom is 0.230 e. The smallest absolute Gasteiger partial charge is 0.230 e. The minimum atomic E-state index is 0.511. The molecule has 0 unspecified atom stereocenters. The van der Waals surface area contributed by atoms with Crippen LogP contribution in [0, 0.1) is 13.8 Å².